The summed E-state index contributed by atoms with van der Waals surface area (Å²) in [6, 6.07) is 9.76. The van der Waals surface area contributed by atoms with E-state index in [1.165, 1.54) is 5.56 Å². The van der Waals surface area contributed by atoms with Gasteiger partial charge in [-0.05, 0) is 29.8 Å². The molecule has 1 aliphatic rings. The van der Waals surface area contributed by atoms with Crippen LogP contribution in [0, 0.1) is 0 Å². The second kappa shape index (κ2) is 6.89. The molecule has 24 heavy (non-hydrogen) atoms. The van der Waals surface area contributed by atoms with Crippen molar-refractivity contribution in [1.82, 2.24) is 19.9 Å². The van der Waals surface area contributed by atoms with Crippen LogP contribution in [0.1, 0.15) is 11.3 Å². The third-order valence-corrected chi connectivity index (χ3v) is 4.71. The molecule has 3 heterocycles. The maximum Gasteiger partial charge on any atom is 0.167 e. The summed E-state index contributed by atoms with van der Waals surface area (Å²) in [5.74, 6) is 0. The summed E-state index contributed by atoms with van der Waals surface area (Å²) in [5.41, 5.74) is 3.03. The minimum absolute atomic E-state index is 0.716. The van der Waals surface area contributed by atoms with Crippen LogP contribution in [0.3, 0.4) is 0 Å². The maximum atomic E-state index is 6.09. The zero-order valence-electron chi connectivity index (χ0n) is 13.4. The first-order chi connectivity index (χ1) is 11.8. The summed E-state index contributed by atoms with van der Waals surface area (Å²) in [6.45, 7) is 5.90. The van der Waals surface area contributed by atoms with Gasteiger partial charge in [0.25, 0.3) is 0 Å². The lowest BCUT2D eigenvalue weighted by Gasteiger charge is -2.34. The number of rotatable bonds is 4. The predicted molar refractivity (Wildman–Crippen MR) is 93.8 cm³/mol. The fourth-order valence-electron chi connectivity index (χ4n) is 3.14. The van der Waals surface area contributed by atoms with Crippen LogP contribution >= 0.6 is 11.6 Å². The van der Waals surface area contributed by atoms with Gasteiger partial charge < -0.3 is 4.52 Å². The lowest BCUT2D eigenvalue weighted by atomic mass is 10.2. The summed E-state index contributed by atoms with van der Waals surface area (Å²) in [7, 11) is 0. The first-order valence-corrected chi connectivity index (χ1v) is 8.53. The van der Waals surface area contributed by atoms with Gasteiger partial charge in [-0.2, -0.15) is 0 Å². The third-order valence-electron chi connectivity index (χ3n) is 4.47. The number of aromatic nitrogens is 2. The van der Waals surface area contributed by atoms with E-state index in [9.17, 15) is 0 Å². The molecule has 1 fully saturated rings. The number of nitrogens with zero attached hydrogens (tertiary/aromatic N) is 4. The molecule has 0 unspecified atom stereocenters. The summed E-state index contributed by atoms with van der Waals surface area (Å²) in [4.78, 5) is 9.06. The zero-order chi connectivity index (χ0) is 16.4. The minimum Gasteiger partial charge on any atom is -0.356 e. The van der Waals surface area contributed by atoms with Crippen molar-refractivity contribution in [3.63, 3.8) is 0 Å². The van der Waals surface area contributed by atoms with Gasteiger partial charge in [-0.25, -0.2) is 0 Å². The molecule has 0 atom stereocenters. The van der Waals surface area contributed by atoms with Crippen molar-refractivity contribution in [2.45, 2.75) is 13.1 Å². The molecule has 2 aromatic heterocycles. The highest BCUT2D eigenvalue weighted by atomic mass is 35.5. The van der Waals surface area contributed by atoms with Gasteiger partial charge in [0.1, 0.15) is 5.69 Å². The fraction of sp³-hybridized carbons (Fsp3) is 0.333. The predicted octanol–water partition coefficient (Wildman–Crippen LogP) is 3.19. The number of pyridine rings is 1. The molecule has 0 amide bonds. The number of fused-ring (bicyclic) bond motifs is 1. The summed E-state index contributed by atoms with van der Waals surface area (Å²) in [5, 5.41) is 5.95. The van der Waals surface area contributed by atoms with Gasteiger partial charge in [0.2, 0.25) is 0 Å². The van der Waals surface area contributed by atoms with E-state index in [-0.39, 0.29) is 0 Å². The first-order valence-electron chi connectivity index (χ1n) is 8.15. The van der Waals surface area contributed by atoms with Gasteiger partial charge in [0, 0.05) is 62.1 Å². The van der Waals surface area contributed by atoms with E-state index < -0.39 is 0 Å². The Morgan fingerprint density at radius 3 is 2.58 bits per heavy atom. The Balaban J connectivity index is 1.36. The van der Waals surface area contributed by atoms with E-state index in [4.69, 9.17) is 16.1 Å². The van der Waals surface area contributed by atoms with Gasteiger partial charge in [0.05, 0.1) is 0 Å². The van der Waals surface area contributed by atoms with Gasteiger partial charge in [-0.15, -0.1) is 0 Å². The molecule has 0 spiro atoms. The smallest absolute Gasteiger partial charge is 0.167 e. The number of hydrogen-bond donors (Lipinski definition) is 0. The number of halogens is 1. The molecule has 1 aromatic carbocycles. The van der Waals surface area contributed by atoms with Crippen molar-refractivity contribution in [2.75, 3.05) is 26.2 Å². The molecule has 0 aliphatic carbocycles. The third kappa shape index (κ3) is 3.43. The van der Waals surface area contributed by atoms with E-state index in [2.05, 4.69) is 26.0 Å². The summed E-state index contributed by atoms with van der Waals surface area (Å²) < 4.78 is 5.39. The standard InChI is InChI=1S/C18H19ClN4O/c19-15-3-4-18-16(10-15)17(21-24-18)13-23-8-6-22(7-9-23)12-14-2-1-5-20-11-14/h1-5,10-11H,6-9,12-13H2. The van der Waals surface area contributed by atoms with Crippen molar-refractivity contribution in [1.29, 1.82) is 0 Å². The molecule has 0 N–H and O–H groups in total. The maximum absolute atomic E-state index is 6.09. The van der Waals surface area contributed by atoms with Gasteiger partial charge >= 0.3 is 0 Å². The number of piperazine rings is 1. The molecule has 0 radical (unpaired) electrons. The van der Waals surface area contributed by atoms with Gasteiger partial charge in [-0.3, -0.25) is 14.8 Å². The minimum atomic E-state index is 0.716. The molecule has 3 aromatic rings. The Morgan fingerprint density at radius 1 is 1.04 bits per heavy atom. The Hall–Kier alpha value is -1.95. The second-order valence-electron chi connectivity index (χ2n) is 6.18. The lowest BCUT2D eigenvalue weighted by molar-refractivity contribution is 0.120. The molecule has 4 rings (SSSR count). The number of hydrogen-bond acceptors (Lipinski definition) is 5. The van der Waals surface area contributed by atoms with Crippen LogP contribution in [0.2, 0.25) is 5.02 Å². The molecule has 6 heteroatoms. The summed E-state index contributed by atoms with van der Waals surface area (Å²) >= 11 is 6.09. The largest absolute Gasteiger partial charge is 0.356 e. The van der Waals surface area contributed by atoms with Crippen LogP contribution in [0.25, 0.3) is 11.0 Å². The van der Waals surface area contributed by atoms with Crippen molar-refractivity contribution in [3.8, 4) is 0 Å². The average Bonchev–Trinajstić information content (AvgIpc) is 3.00. The Morgan fingerprint density at radius 2 is 1.83 bits per heavy atom. The van der Waals surface area contributed by atoms with Crippen molar-refractivity contribution >= 4 is 22.6 Å². The highest BCUT2D eigenvalue weighted by Crippen LogP contribution is 2.24. The Labute approximate surface area is 145 Å². The van der Waals surface area contributed by atoms with Crippen molar-refractivity contribution in [3.05, 3.63) is 59.0 Å². The topological polar surface area (TPSA) is 45.4 Å². The van der Waals surface area contributed by atoms with Crippen LogP contribution in [0.15, 0.2) is 47.2 Å². The Kier molecular flexibility index (Phi) is 4.47. The molecule has 0 saturated carbocycles. The van der Waals surface area contributed by atoms with E-state index in [0.717, 1.165) is 55.9 Å². The zero-order valence-corrected chi connectivity index (χ0v) is 14.1. The molecule has 124 valence electrons. The van der Waals surface area contributed by atoms with Crippen LogP contribution in [-0.4, -0.2) is 46.1 Å². The normalized spacial score (nSPS) is 16.7. The highest BCUT2D eigenvalue weighted by Gasteiger charge is 2.19. The fourth-order valence-corrected chi connectivity index (χ4v) is 3.31. The average molecular weight is 343 g/mol. The van der Waals surface area contributed by atoms with Crippen molar-refractivity contribution < 1.29 is 4.52 Å². The van der Waals surface area contributed by atoms with E-state index in [1.54, 1.807) is 0 Å². The molecular weight excluding hydrogens is 324 g/mol. The van der Waals surface area contributed by atoms with Gasteiger partial charge in [-0.1, -0.05) is 22.8 Å². The lowest BCUT2D eigenvalue weighted by Crippen LogP contribution is -2.45. The highest BCUT2D eigenvalue weighted by molar-refractivity contribution is 6.31. The van der Waals surface area contributed by atoms with Crippen LogP contribution in [-0.2, 0) is 13.1 Å². The van der Waals surface area contributed by atoms with E-state index >= 15 is 0 Å². The molecular formula is C18H19ClN4O. The SMILES string of the molecule is Clc1ccc2onc(CN3CCN(Cc4cccnc4)CC3)c2c1. The van der Waals surface area contributed by atoms with Crippen LogP contribution in [0.5, 0.6) is 0 Å². The van der Waals surface area contributed by atoms with Crippen molar-refractivity contribution in [2.24, 2.45) is 0 Å². The quantitative estimate of drug-likeness (QED) is 0.728. The van der Waals surface area contributed by atoms with Crippen LogP contribution < -0.4 is 0 Å². The van der Waals surface area contributed by atoms with E-state index in [1.807, 2.05) is 36.7 Å². The second-order valence-corrected chi connectivity index (χ2v) is 6.62. The van der Waals surface area contributed by atoms with Crippen LogP contribution in [0.4, 0.5) is 0 Å². The molecule has 5 nitrogen and oxygen atoms in total. The van der Waals surface area contributed by atoms with Gasteiger partial charge in [0.15, 0.2) is 5.58 Å². The number of benzene rings is 1. The summed E-state index contributed by atoms with van der Waals surface area (Å²) in [6.07, 6.45) is 3.76. The monoisotopic (exact) mass is 342 g/mol. The molecule has 1 saturated heterocycles. The molecule has 0 bridgehead atoms. The first kappa shape index (κ1) is 15.6. The van der Waals surface area contributed by atoms with E-state index in [0.29, 0.717) is 5.02 Å². The Bertz CT molecular complexity index is 812. The molecule has 1 aliphatic heterocycles.